The summed E-state index contributed by atoms with van der Waals surface area (Å²) in [6, 6.07) is 12.7. The predicted octanol–water partition coefficient (Wildman–Crippen LogP) is 2.57. The van der Waals surface area contributed by atoms with Crippen molar-refractivity contribution in [3.63, 3.8) is 0 Å². The summed E-state index contributed by atoms with van der Waals surface area (Å²) in [5.74, 6) is -0.383. The van der Waals surface area contributed by atoms with Crippen molar-refractivity contribution in [3.8, 4) is 34.5 Å². The average molecular weight is 567 g/mol. The van der Waals surface area contributed by atoms with Crippen LogP contribution in [-0.4, -0.2) is 66.7 Å². The maximum Gasteiger partial charge on any atom is 0.280 e. The number of hydrogen-bond donors (Lipinski definition) is 3. The van der Waals surface area contributed by atoms with Crippen LogP contribution in [0.1, 0.15) is 16.1 Å². The molecule has 0 aliphatic heterocycles. The standard InChI is InChI=1S/C26H26N6O7S/c1-16-8-9-21(29-15-16)40(35,36)32-24-22(39-20-7-5-4-6-19(20)37-2)26(38-3)31-23(30-24)17-10-11-27-18(14-17)25(34)28-12-13-33/h4-11,14-15,33H,12-13H2,1-3H3,(H,28,34)(H,30,31,32). The first-order chi connectivity index (χ1) is 19.2. The maximum absolute atomic E-state index is 13.3. The summed E-state index contributed by atoms with van der Waals surface area (Å²) in [4.78, 5) is 29.3. The Morgan fingerprint density at radius 3 is 2.45 bits per heavy atom. The van der Waals surface area contributed by atoms with Gasteiger partial charge in [-0.3, -0.25) is 14.5 Å². The van der Waals surface area contributed by atoms with Crippen LogP contribution in [0.4, 0.5) is 5.82 Å². The number of nitrogens with zero attached hydrogens (tertiary/aromatic N) is 4. The van der Waals surface area contributed by atoms with Gasteiger partial charge >= 0.3 is 0 Å². The molecule has 0 atom stereocenters. The Kier molecular flexibility index (Phi) is 8.71. The van der Waals surface area contributed by atoms with E-state index in [0.29, 0.717) is 11.3 Å². The van der Waals surface area contributed by atoms with E-state index in [4.69, 9.17) is 19.3 Å². The lowest BCUT2D eigenvalue weighted by Crippen LogP contribution is -2.27. The van der Waals surface area contributed by atoms with Gasteiger partial charge in [0, 0.05) is 24.5 Å². The van der Waals surface area contributed by atoms with Gasteiger partial charge in [-0.05, 0) is 42.8 Å². The number of para-hydroxylation sites is 2. The molecule has 13 nitrogen and oxygen atoms in total. The van der Waals surface area contributed by atoms with Crippen molar-refractivity contribution in [1.82, 2.24) is 25.3 Å². The van der Waals surface area contributed by atoms with Gasteiger partial charge in [-0.1, -0.05) is 18.2 Å². The third-order valence-electron chi connectivity index (χ3n) is 5.35. The molecular weight excluding hydrogens is 540 g/mol. The van der Waals surface area contributed by atoms with E-state index in [1.54, 1.807) is 37.3 Å². The van der Waals surface area contributed by atoms with Gasteiger partial charge in [0.15, 0.2) is 28.2 Å². The van der Waals surface area contributed by atoms with Crippen LogP contribution in [0.3, 0.4) is 0 Å². The van der Waals surface area contributed by atoms with Crippen LogP contribution in [0, 0.1) is 6.92 Å². The van der Waals surface area contributed by atoms with E-state index in [1.165, 1.54) is 44.8 Å². The molecule has 0 radical (unpaired) electrons. The minimum absolute atomic E-state index is 0.0115. The summed E-state index contributed by atoms with van der Waals surface area (Å²) < 4.78 is 45.9. The molecule has 0 saturated heterocycles. The molecule has 208 valence electrons. The van der Waals surface area contributed by atoms with Gasteiger partial charge in [-0.2, -0.15) is 13.4 Å². The number of methoxy groups -OCH3 is 2. The zero-order valence-electron chi connectivity index (χ0n) is 21.8. The van der Waals surface area contributed by atoms with Crippen molar-refractivity contribution in [2.45, 2.75) is 11.9 Å². The van der Waals surface area contributed by atoms with Gasteiger partial charge in [0.05, 0.1) is 20.8 Å². The van der Waals surface area contributed by atoms with Crippen molar-refractivity contribution in [1.29, 1.82) is 0 Å². The smallest absolute Gasteiger partial charge is 0.280 e. The number of hydrogen-bond acceptors (Lipinski definition) is 11. The van der Waals surface area contributed by atoms with E-state index in [-0.39, 0.29) is 52.9 Å². The van der Waals surface area contributed by atoms with Crippen LogP contribution in [0.2, 0.25) is 0 Å². The number of rotatable bonds is 11. The first kappa shape index (κ1) is 28.2. The number of aryl methyl sites for hydroxylation is 1. The second-order valence-corrected chi connectivity index (χ2v) is 9.80. The number of amides is 1. The second kappa shape index (κ2) is 12.4. The summed E-state index contributed by atoms with van der Waals surface area (Å²) in [6.07, 6.45) is 2.80. The quantitative estimate of drug-likeness (QED) is 0.243. The lowest BCUT2D eigenvalue weighted by molar-refractivity contribution is 0.0940. The summed E-state index contributed by atoms with van der Waals surface area (Å²) in [6.45, 7) is 1.59. The lowest BCUT2D eigenvalue weighted by Gasteiger charge is -2.17. The van der Waals surface area contributed by atoms with E-state index in [1.807, 2.05) is 0 Å². The monoisotopic (exact) mass is 566 g/mol. The molecule has 0 unspecified atom stereocenters. The van der Waals surface area contributed by atoms with E-state index >= 15 is 0 Å². The number of aliphatic hydroxyl groups is 1. The lowest BCUT2D eigenvalue weighted by atomic mass is 10.2. The van der Waals surface area contributed by atoms with Gasteiger partial charge < -0.3 is 24.6 Å². The van der Waals surface area contributed by atoms with Crippen LogP contribution in [0.25, 0.3) is 11.4 Å². The molecule has 0 aliphatic rings. The molecule has 3 aromatic heterocycles. The highest BCUT2D eigenvalue weighted by Crippen LogP contribution is 2.41. The van der Waals surface area contributed by atoms with Crippen molar-refractivity contribution in [2.24, 2.45) is 0 Å². The van der Waals surface area contributed by atoms with E-state index < -0.39 is 15.9 Å². The Balaban J connectivity index is 1.84. The van der Waals surface area contributed by atoms with Crippen LogP contribution >= 0.6 is 0 Å². The summed E-state index contributed by atoms with van der Waals surface area (Å²) in [7, 11) is -1.44. The van der Waals surface area contributed by atoms with Crippen molar-refractivity contribution >= 4 is 21.7 Å². The van der Waals surface area contributed by atoms with Gasteiger partial charge in [-0.25, -0.2) is 9.97 Å². The van der Waals surface area contributed by atoms with Crippen LogP contribution in [0.15, 0.2) is 66.0 Å². The fraction of sp³-hybridized carbons (Fsp3) is 0.192. The van der Waals surface area contributed by atoms with Gasteiger partial charge in [0.25, 0.3) is 21.8 Å². The Morgan fingerprint density at radius 1 is 1.00 bits per heavy atom. The molecule has 4 aromatic rings. The number of sulfonamides is 1. The number of aromatic nitrogens is 4. The minimum atomic E-state index is -4.23. The number of anilines is 1. The molecule has 0 fully saturated rings. The van der Waals surface area contributed by atoms with Crippen molar-refractivity contribution in [3.05, 3.63) is 72.2 Å². The predicted molar refractivity (Wildman–Crippen MR) is 144 cm³/mol. The van der Waals surface area contributed by atoms with Gasteiger partial charge in [0.2, 0.25) is 5.75 Å². The van der Waals surface area contributed by atoms with Gasteiger partial charge in [-0.15, -0.1) is 0 Å². The van der Waals surface area contributed by atoms with Gasteiger partial charge in [0.1, 0.15) is 5.69 Å². The molecule has 3 heterocycles. The zero-order chi connectivity index (χ0) is 28.7. The first-order valence-electron chi connectivity index (χ1n) is 11.8. The fourth-order valence-electron chi connectivity index (χ4n) is 3.42. The Bertz CT molecular complexity index is 1610. The topological polar surface area (TPSA) is 175 Å². The number of ether oxygens (including phenoxy) is 3. The van der Waals surface area contributed by atoms with Crippen molar-refractivity contribution < 1.29 is 32.5 Å². The van der Waals surface area contributed by atoms with Crippen molar-refractivity contribution in [2.75, 3.05) is 32.1 Å². The molecule has 1 amide bonds. The number of nitrogens with one attached hydrogen (secondary N) is 2. The summed E-state index contributed by atoms with van der Waals surface area (Å²) >= 11 is 0. The van der Waals surface area contributed by atoms with Crippen LogP contribution in [-0.2, 0) is 10.0 Å². The molecular formula is C26H26N6O7S. The zero-order valence-corrected chi connectivity index (χ0v) is 22.6. The molecule has 1 aromatic carbocycles. The highest BCUT2D eigenvalue weighted by molar-refractivity contribution is 7.92. The molecule has 4 rings (SSSR count). The second-order valence-electron chi connectivity index (χ2n) is 8.18. The Labute approximate surface area is 230 Å². The van der Waals surface area contributed by atoms with Crippen LogP contribution < -0.4 is 24.2 Å². The molecule has 0 aliphatic carbocycles. The Hall–Kier alpha value is -4.82. The number of carbonyl (C=O) groups excluding carboxylic acids is 1. The third-order valence-corrected chi connectivity index (χ3v) is 6.60. The number of carbonyl (C=O) groups is 1. The Morgan fingerprint density at radius 2 is 1.77 bits per heavy atom. The van der Waals surface area contributed by atoms with E-state index in [2.05, 4.69) is 30.0 Å². The minimum Gasteiger partial charge on any atom is -0.493 e. The normalized spacial score (nSPS) is 11.0. The summed E-state index contributed by atoms with van der Waals surface area (Å²) in [5, 5.41) is 11.3. The highest BCUT2D eigenvalue weighted by atomic mass is 32.2. The van der Waals surface area contributed by atoms with E-state index in [9.17, 15) is 13.2 Å². The van der Waals surface area contributed by atoms with Crippen LogP contribution in [0.5, 0.6) is 23.1 Å². The maximum atomic E-state index is 13.3. The van der Waals surface area contributed by atoms with E-state index in [0.717, 1.165) is 5.56 Å². The summed E-state index contributed by atoms with van der Waals surface area (Å²) in [5.41, 5.74) is 1.15. The largest absolute Gasteiger partial charge is 0.493 e. The SMILES string of the molecule is COc1ccccc1Oc1c(NS(=O)(=O)c2ccc(C)cn2)nc(-c2ccnc(C(=O)NCCO)c2)nc1OC. The molecule has 3 N–H and O–H groups in total. The fourth-order valence-corrected chi connectivity index (χ4v) is 4.35. The number of benzene rings is 1. The number of aliphatic hydroxyl groups excluding tert-OH is 1. The third kappa shape index (κ3) is 6.42. The molecule has 0 spiro atoms. The number of pyridine rings is 2. The molecule has 40 heavy (non-hydrogen) atoms. The molecule has 0 bridgehead atoms. The highest BCUT2D eigenvalue weighted by Gasteiger charge is 2.26. The first-order valence-corrected chi connectivity index (χ1v) is 13.3. The average Bonchev–Trinajstić information content (AvgIpc) is 2.97. The molecule has 14 heteroatoms. The molecule has 0 saturated carbocycles.